The molecule has 0 spiro atoms. The van der Waals surface area contributed by atoms with Crippen molar-refractivity contribution in [2.75, 3.05) is 20.2 Å². The van der Waals surface area contributed by atoms with Crippen LogP contribution >= 0.6 is 15.9 Å². The van der Waals surface area contributed by atoms with Gasteiger partial charge in [0.15, 0.2) is 0 Å². The van der Waals surface area contributed by atoms with Crippen molar-refractivity contribution in [1.82, 2.24) is 5.32 Å². The Kier molecular flexibility index (Phi) is 4.07. The summed E-state index contributed by atoms with van der Waals surface area (Å²) in [5.74, 6) is 1.68. The summed E-state index contributed by atoms with van der Waals surface area (Å²) in [7, 11) is 1.66. The van der Waals surface area contributed by atoms with Crippen molar-refractivity contribution < 1.29 is 9.47 Å². The summed E-state index contributed by atoms with van der Waals surface area (Å²) in [6.45, 7) is 2.03. The van der Waals surface area contributed by atoms with Crippen molar-refractivity contribution in [3.05, 3.63) is 22.7 Å². The van der Waals surface area contributed by atoms with E-state index in [2.05, 4.69) is 21.2 Å². The van der Waals surface area contributed by atoms with Gasteiger partial charge in [-0.15, -0.1) is 0 Å². The highest BCUT2D eigenvalue weighted by Crippen LogP contribution is 2.29. The molecule has 0 radical (unpaired) electrons. The lowest BCUT2D eigenvalue weighted by Crippen LogP contribution is -2.37. The predicted octanol–water partition coefficient (Wildman–Crippen LogP) is 2.59. The number of benzene rings is 1. The maximum absolute atomic E-state index is 5.89. The van der Waals surface area contributed by atoms with Gasteiger partial charge in [-0.05, 0) is 47.4 Å². The topological polar surface area (TPSA) is 30.5 Å². The first-order valence-electron chi connectivity index (χ1n) is 5.50. The molecule has 1 atom stereocenters. The maximum Gasteiger partial charge on any atom is 0.136 e. The monoisotopic (exact) mass is 285 g/mol. The molecule has 1 aromatic rings. The Morgan fingerprint density at radius 2 is 2.31 bits per heavy atom. The Hall–Kier alpha value is -0.740. The predicted molar refractivity (Wildman–Crippen MR) is 67.2 cm³/mol. The lowest BCUT2D eigenvalue weighted by atomic mass is 10.1. The number of halogens is 1. The second-order valence-electron chi connectivity index (χ2n) is 3.88. The minimum absolute atomic E-state index is 0.277. The fraction of sp³-hybridized carbons (Fsp3) is 0.500. The Morgan fingerprint density at radius 1 is 1.44 bits per heavy atom. The molecule has 1 aromatic carbocycles. The average Bonchev–Trinajstić information content (AvgIpc) is 2.33. The first kappa shape index (κ1) is 11.7. The molecule has 3 nitrogen and oxygen atoms in total. The zero-order valence-electron chi connectivity index (χ0n) is 9.33. The quantitative estimate of drug-likeness (QED) is 0.926. The Morgan fingerprint density at radius 3 is 3.00 bits per heavy atom. The SMILES string of the molecule is COc1cc(OC2CCCNC2)ccc1Br. The third-order valence-corrected chi connectivity index (χ3v) is 3.33. The lowest BCUT2D eigenvalue weighted by molar-refractivity contribution is 0.166. The number of nitrogens with one attached hydrogen (secondary N) is 1. The first-order chi connectivity index (χ1) is 7.79. The van der Waals surface area contributed by atoms with Gasteiger partial charge in [0.05, 0.1) is 11.6 Å². The van der Waals surface area contributed by atoms with Crippen LogP contribution in [0, 0.1) is 0 Å². The van der Waals surface area contributed by atoms with Gasteiger partial charge in [-0.3, -0.25) is 0 Å². The molecule has 1 N–H and O–H groups in total. The number of hydrogen-bond acceptors (Lipinski definition) is 3. The molecule has 0 aromatic heterocycles. The van der Waals surface area contributed by atoms with Crippen molar-refractivity contribution >= 4 is 15.9 Å². The smallest absolute Gasteiger partial charge is 0.136 e. The van der Waals surface area contributed by atoms with E-state index in [0.717, 1.165) is 35.5 Å². The summed E-state index contributed by atoms with van der Waals surface area (Å²) >= 11 is 3.42. The Balaban J connectivity index is 2.03. The van der Waals surface area contributed by atoms with E-state index < -0.39 is 0 Å². The van der Waals surface area contributed by atoms with Crippen molar-refractivity contribution in [3.8, 4) is 11.5 Å². The van der Waals surface area contributed by atoms with Gasteiger partial charge in [0, 0.05) is 12.6 Å². The molecule has 1 unspecified atom stereocenters. The average molecular weight is 286 g/mol. The maximum atomic E-state index is 5.89. The molecule has 88 valence electrons. The zero-order chi connectivity index (χ0) is 11.4. The van der Waals surface area contributed by atoms with Crippen LogP contribution in [0.15, 0.2) is 22.7 Å². The second-order valence-corrected chi connectivity index (χ2v) is 4.74. The minimum atomic E-state index is 0.277. The van der Waals surface area contributed by atoms with E-state index in [0.29, 0.717) is 0 Å². The largest absolute Gasteiger partial charge is 0.495 e. The van der Waals surface area contributed by atoms with Gasteiger partial charge in [-0.1, -0.05) is 0 Å². The summed E-state index contributed by atoms with van der Waals surface area (Å²) in [5.41, 5.74) is 0. The molecule has 1 aliphatic rings. The van der Waals surface area contributed by atoms with Gasteiger partial charge in [0.1, 0.15) is 17.6 Å². The van der Waals surface area contributed by atoms with Crippen LogP contribution in [-0.4, -0.2) is 26.3 Å². The van der Waals surface area contributed by atoms with E-state index in [-0.39, 0.29) is 6.10 Å². The third kappa shape index (κ3) is 2.89. The molecule has 1 fully saturated rings. The van der Waals surface area contributed by atoms with Crippen LogP contribution in [0.2, 0.25) is 0 Å². The van der Waals surface area contributed by atoms with E-state index in [1.54, 1.807) is 7.11 Å². The van der Waals surface area contributed by atoms with Gasteiger partial charge in [-0.25, -0.2) is 0 Å². The molecule has 2 rings (SSSR count). The number of rotatable bonds is 3. The van der Waals surface area contributed by atoms with E-state index >= 15 is 0 Å². The molecule has 4 heteroatoms. The third-order valence-electron chi connectivity index (χ3n) is 2.68. The second kappa shape index (κ2) is 5.55. The highest BCUT2D eigenvalue weighted by atomic mass is 79.9. The standard InChI is InChI=1S/C12H16BrNO2/c1-15-12-7-9(4-5-11(12)13)16-10-3-2-6-14-8-10/h4-5,7,10,14H,2-3,6,8H2,1H3. The van der Waals surface area contributed by atoms with Gasteiger partial charge < -0.3 is 14.8 Å². The fourth-order valence-electron chi connectivity index (χ4n) is 1.83. The molecule has 1 saturated heterocycles. The summed E-state index contributed by atoms with van der Waals surface area (Å²) in [6.07, 6.45) is 2.57. The fourth-order valence-corrected chi connectivity index (χ4v) is 2.23. The van der Waals surface area contributed by atoms with Crippen molar-refractivity contribution in [2.24, 2.45) is 0 Å². The number of methoxy groups -OCH3 is 1. The molecule has 0 aliphatic carbocycles. The molecule has 0 saturated carbocycles. The molecular formula is C12H16BrNO2. The van der Waals surface area contributed by atoms with Crippen LogP contribution in [-0.2, 0) is 0 Å². The molecule has 0 bridgehead atoms. The summed E-state index contributed by atoms with van der Waals surface area (Å²) < 4.78 is 12.1. The normalized spacial score (nSPS) is 20.5. The van der Waals surface area contributed by atoms with Crippen molar-refractivity contribution in [3.63, 3.8) is 0 Å². The van der Waals surface area contributed by atoms with Gasteiger partial charge >= 0.3 is 0 Å². The van der Waals surface area contributed by atoms with Crippen molar-refractivity contribution in [1.29, 1.82) is 0 Å². The highest BCUT2D eigenvalue weighted by Gasteiger charge is 2.14. The summed E-state index contributed by atoms with van der Waals surface area (Å²) in [6, 6.07) is 5.82. The molecule has 0 amide bonds. The van der Waals surface area contributed by atoms with E-state index in [1.165, 1.54) is 6.42 Å². The Labute approximate surface area is 104 Å². The van der Waals surface area contributed by atoms with Crippen molar-refractivity contribution in [2.45, 2.75) is 18.9 Å². The molecular weight excluding hydrogens is 270 g/mol. The number of hydrogen-bond donors (Lipinski definition) is 1. The van der Waals surface area contributed by atoms with Crippen LogP contribution in [0.25, 0.3) is 0 Å². The molecule has 1 aliphatic heterocycles. The van der Waals surface area contributed by atoms with E-state index in [1.807, 2.05) is 18.2 Å². The minimum Gasteiger partial charge on any atom is -0.495 e. The van der Waals surface area contributed by atoms with Gasteiger partial charge in [0.25, 0.3) is 0 Å². The zero-order valence-corrected chi connectivity index (χ0v) is 10.9. The van der Waals surface area contributed by atoms with Crippen LogP contribution in [0.1, 0.15) is 12.8 Å². The van der Waals surface area contributed by atoms with Crippen LogP contribution < -0.4 is 14.8 Å². The lowest BCUT2D eigenvalue weighted by Gasteiger charge is -2.24. The van der Waals surface area contributed by atoms with Gasteiger partial charge in [0.2, 0.25) is 0 Å². The van der Waals surface area contributed by atoms with Crippen LogP contribution in [0.3, 0.4) is 0 Å². The number of ether oxygens (including phenoxy) is 2. The van der Waals surface area contributed by atoms with E-state index in [9.17, 15) is 0 Å². The van der Waals surface area contributed by atoms with E-state index in [4.69, 9.17) is 9.47 Å². The number of piperidine rings is 1. The molecule has 1 heterocycles. The Bertz CT molecular complexity index is 351. The summed E-state index contributed by atoms with van der Waals surface area (Å²) in [4.78, 5) is 0. The summed E-state index contributed by atoms with van der Waals surface area (Å²) in [5, 5.41) is 3.33. The first-order valence-corrected chi connectivity index (χ1v) is 6.30. The highest BCUT2D eigenvalue weighted by molar-refractivity contribution is 9.10. The molecule has 16 heavy (non-hydrogen) atoms. The van der Waals surface area contributed by atoms with Crippen LogP contribution in [0.5, 0.6) is 11.5 Å². The van der Waals surface area contributed by atoms with Gasteiger partial charge in [-0.2, -0.15) is 0 Å². The van der Waals surface area contributed by atoms with Crippen LogP contribution in [0.4, 0.5) is 0 Å².